The molecule has 0 bridgehead atoms. The fourth-order valence-electron chi connectivity index (χ4n) is 2.78. The maximum Gasteiger partial charge on any atom is 0.306 e. The average Bonchev–Trinajstić information content (AvgIpc) is 2.79. The van der Waals surface area contributed by atoms with Crippen LogP contribution >= 0.6 is 0 Å². The lowest BCUT2D eigenvalue weighted by Gasteiger charge is -2.16. The van der Waals surface area contributed by atoms with E-state index in [1.54, 1.807) is 0 Å². The summed E-state index contributed by atoms with van der Waals surface area (Å²) in [6, 6.07) is 6.13. The summed E-state index contributed by atoms with van der Waals surface area (Å²) in [4.78, 5) is 11.3. The average molecular weight is 277 g/mol. The molecule has 0 aliphatic carbocycles. The van der Waals surface area contributed by atoms with Gasteiger partial charge >= 0.3 is 5.97 Å². The normalized spacial score (nSPS) is 18.4. The van der Waals surface area contributed by atoms with E-state index in [4.69, 9.17) is 10.5 Å². The number of nitrogens with two attached hydrogens (primary N) is 1. The number of aliphatic carboxylic acids is 1. The van der Waals surface area contributed by atoms with Gasteiger partial charge in [-0.2, -0.15) is 0 Å². The number of ether oxygens (including phenoxy) is 1. The minimum Gasteiger partial charge on any atom is -0.490 e. The third-order valence-corrected chi connectivity index (χ3v) is 3.86. The predicted molar refractivity (Wildman–Crippen MR) is 77.9 cm³/mol. The van der Waals surface area contributed by atoms with Crippen molar-refractivity contribution < 1.29 is 14.6 Å². The topological polar surface area (TPSA) is 72.6 Å². The van der Waals surface area contributed by atoms with Crippen LogP contribution in [0, 0.1) is 12.8 Å². The summed E-state index contributed by atoms with van der Waals surface area (Å²) in [5.74, 6) is -0.147. The zero-order valence-corrected chi connectivity index (χ0v) is 12.0. The number of hydrogen-bond acceptors (Lipinski definition) is 3. The van der Waals surface area contributed by atoms with Gasteiger partial charge in [0.05, 0.1) is 5.92 Å². The number of fused-ring (bicyclic) bond motifs is 1. The first kappa shape index (κ1) is 14.9. The SMILES string of the molecule is Cc1ccc2c(c1)CC(CC(CCCCN)C(=O)O)O2. The first-order valence-electron chi connectivity index (χ1n) is 7.29. The summed E-state index contributed by atoms with van der Waals surface area (Å²) in [7, 11) is 0. The van der Waals surface area contributed by atoms with E-state index in [1.165, 1.54) is 11.1 Å². The Labute approximate surface area is 119 Å². The van der Waals surface area contributed by atoms with Crippen molar-refractivity contribution >= 4 is 5.97 Å². The molecule has 3 N–H and O–H groups in total. The second-order valence-corrected chi connectivity index (χ2v) is 5.61. The Morgan fingerprint density at radius 3 is 3.00 bits per heavy atom. The van der Waals surface area contributed by atoms with Crippen molar-refractivity contribution in [1.29, 1.82) is 0 Å². The summed E-state index contributed by atoms with van der Waals surface area (Å²) >= 11 is 0. The highest BCUT2D eigenvalue weighted by atomic mass is 16.5. The minimum atomic E-state index is -0.724. The van der Waals surface area contributed by atoms with Crippen LogP contribution in [0.2, 0.25) is 0 Å². The van der Waals surface area contributed by atoms with Crippen molar-refractivity contribution in [2.75, 3.05) is 6.54 Å². The summed E-state index contributed by atoms with van der Waals surface area (Å²) in [5, 5.41) is 9.31. The van der Waals surface area contributed by atoms with Gasteiger partial charge in [0.25, 0.3) is 0 Å². The molecule has 20 heavy (non-hydrogen) atoms. The number of benzene rings is 1. The molecular weight excluding hydrogens is 254 g/mol. The predicted octanol–water partition coefficient (Wildman–Crippen LogP) is 2.52. The Kier molecular flexibility index (Phi) is 5.01. The third-order valence-electron chi connectivity index (χ3n) is 3.86. The molecule has 0 spiro atoms. The molecule has 1 aliphatic rings. The van der Waals surface area contributed by atoms with Crippen molar-refractivity contribution in [3.05, 3.63) is 29.3 Å². The van der Waals surface area contributed by atoms with Crippen LogP contribution in [0.25, 0.3) is 0 Å². The van der Waals surface area contributed by atoms with Gasteiger partial charge in [0.15, 0.2) is 0 Å². The largest absolute Gasteiger partial charge is 0.490 e. The smallest absolute Gasteiger partial charge is 0.306 e. The van der Waals surface area contributed by atoms with Crippen LogP contribution in [0.15, 0.2) is 18.2 Å². The van der Waals surface area contributed by atoms with Gasteiger partial charge in [0, 0.05) is 6.42 Å². The Balaban J connectivity index is 1.91. The zero-order valence-electron chi connectivity index (χ0n) is 12.0. The molecule has 110 valence electrons. The van der Waals surface area contributed by atoms with Crippen molar-refractivity contribution in [1.82, 2.24) is 0 Å². The second-order valence-electron chi connectivity index (χ2n) is 5.61. The lowest BCUT2D eigenvalue weighted by Crippen LogP contribution is -2.24. The van der Waals surface area contributed by atoms with Crippen molar-refractivity contribution in [2.24, 2.45) is 11.7 Å². The molecule has 0 aromatic heterocycles. The van der Waals surface area contributed by atoms with Crippen molar-refractivity contribution in [3.63, 3.8) is 0 Å². The van der Waals surface area contributed by atoms with Crippen molar-refractivity contribution in [3.8, 4) is 5.75 Å². The summed E-state index contributed by atoms with van der Waals surface area (Å²) in [5.41, 5.74) is 7.86. The minimum absolute atomic E-state index is 0.00854. The lowest BCUT2D eigenvalue weighted by atomic mass is 9.93. The number of rotatable bonds is 7. The molecule has 2 unspecified atom stereocenters. The molecule has 2 atom stereocenters. The summed E-state index contributed by atoms with van der Waals surface area (Å²) in [6.07, 6.45) is 3.82. The van der Waals surface area contributed by atoms with Crippen LogP contribution in [0.4, 0.5) is 0 Å². The maximum atomic E-state index is 11.3. The van der Waals surface area contributed by atoms with Gasteiger partial charge in [-0.05, 0) is 44.4 Å². The van der Waals surface area contributed by atoms with E-state index in [9.17, 15) is 9.90 Å². The first-order chi connectivity index (χ1) is 9.60. The molecule has 0 amide bonds. The summed E-state index contributed by atoms with van der Waals surface area (Å²) < 4.78 is 5.86. The number of carbonyl (C=O) groups is 1. The van der Waals surface area contributed by atoms with Gasteiger partial charge in [-0.3, -0.25) is 4.79 Å². The maximum absolute atomic E-state index is 11.3. The number of hydrogen-bond donors (Lipinski definition) is 2. The van der Waals surface area contributed by atoms with Crippen LogP contribution in [-0.4, -0.2) is 23.7 Å². The quantitative estimate of drug-likeness (QED) is 0.751. The molecule has 4 nitrogen and oxygen atoms in total. The van der Waals surface area contributed by atoms with E-state index in [0.717, 1.165) is 25.0 Å². The Bertz CT molecular complexity index is 473. The Morgan fingerprint density at radius 2 is 2.30 bits per heavy atom. The van der Waals surface area contributed by atoms with Crippen LogP contribution in [-0.2, 0) is 11.2 Å². The van der Waals surface area contributed by atoms with Gasteiger partial charge in [-0.1, -0.05) is 24.1 Å². The molecule has 1 aromatic rings. The van der Waals surface area contributed by atoms with Crippen LogP contribution < -0.4 is 10.5 Å². The molecule has 0 radical (unpaired) electrons. The highest BCUT2D eigenvalue weighted by Crippen LogP contribution is 2.32. The lowest BCUT2D eigenvalue weighted by molar-refractivity contribution is -0.142. The Hall–Kier alpha value is -1.55. The number of aryl methyl sites for hydroxylation is 1. The molecular formula is C16H23NO3. The first-order valence-corrected chi connectivity index (χ1v) is 7.29. The second kappa shape index (κ2) is 6.75. The van der Waals surface area contributed by atoms with E-state index in [2.05, 4.69) is 13.0 Å². The molecule has 2 rings (SSSR count). The molecule has 0 fully saturated rings. The van der Waals surface area contributed by atoms with Crippen LogP contribution in [0.5, 0.6) is 5.75 Å². The molecule has 1 aromatic carbocycles. The number of unbranched alkanes of at least 4 members (excludes halogenated alkanes) is 1. The molecule has 4 heteroatoms. The van der Waals surface area contributed by atoms with E-state index in [1.807, 2.05) is 12.1 Å². The standard InChI is InChI=1S/C16H23NO3/c1-11-5-6-15-13(8-11)10-14(20-15)9-12(16(18)19)4-2-3-7-17/h5-6,8,12,14H,2-4,7,9-10,17H2,1H3,(H,18,19). The van der Waals surface area contributed by atoms with Gasteiger partial charge in [-0.15, -0.1) is 0 Å². The highest BCUT2D eigenvalue weighted by Gasteiger charge is 2.28. The molecule has 1 aliphatic heterocycles. The van der Waals surface area contributed by atoms with Gasteiger partial charge in [0.1, 0.15) is 11.9 Å². The number of carboxylic acids is 1. The van der Waals surface area contributed by atoms with E-state index < -0.39 is 5.97 Å². The van der Waals surface area contributed by atoms with Crippen LogP contribution in [0.3, 0.4) is 0 Å². The molecule has 1 heterocycles. The van der Waals surface area contributed by atoms with E-state index in [0.29, 0.717) is 19.4 Å². The fourth-order valence-corrected chi connectivity index (χ4v) is 2.78. The zero-order chi connectivity index (χ0) is 14.5. The monoisotopic (exact) mass is 277 g/mol. The molecule has 0 saturated carbocycles. The summed E-state index contributed by atoms with van der Waals surface area (Å²) in [6.45, 7) is 2.68. The van der Waals surface area contributed by atoms with Crippen molar-refractivity contribution in [2.45, 2.75) is 45.1 Å². The highest BCUT2D eigenvalue weighted by molar-refractivity contribution is 5.70. The number of carboxylic acid groups (broad SMARTS) is 1. The van der Waals surface area contributed by atoms with E-state index >= 15 is 0 Å². The van der Waals surface area contributed by atoms with Crippen LogP contribution in [0.1, 0.15) is 36.8 Å². The van der Waals surface area contributed by atoms with Gasteiger partial charge in [-0.25, -0.2) is 0 Å². The fraction of sp³-hybridized carbons (Fsp3) is 0.562. The third kappa shape index (κ3) is 3.73. The van der Waals surface area contributed by atoms with Gasteiger partial charge in [0.2, 0.25) is 0 Å². The van der Waals surface area contributed by atoms with E-state index in [-0.39, 0.29) is 12.0 Å². The Morgan fingerprint density at radius 1 is 1.50 bits per heavy atom. The van der Waals surface area contributed by atoms with Gasteiger partial charge < -0.3 is 15.6 Å². The molecule has 0 saturated heterocycles.